The van der Waals surface area contributed by atoms with Gasteiger partial charge in [-0.1, -0.05) is 17.7 Å². The third kappa shape index (κ3) is 9.81. The molecule has 1 spiro atoms. The van der Waals surface area contributed by atoms with E-state index in [1.807, 2.05) is 0 Å². The second kappa shape index (κ2) is 20.9. The lowest BCUT2D eigenvalue weighted by Crippen LogP contribution is -2.61. The lowest BCUT2D eigenvalue weighted by atomic mass is 9.77. The number of aliphatic hydroxyl groups is 6. The first-order chi connectivity index (χ1) is 37.5. The Kier molecular flexibility index (Phi) is 14.3. The number of amides is 4. The van der Waals surface area contributed by atoms with E-state index < -0.39 is 133 Å². The summed E-state index contributed by atoms with van der Waals surface area (Å²) in [7, 11) is 0. The van der Waals surface area contributed by atoms with Crippen LogP contribution in [-0.4, -0.2) is 161 Å². The van der Waals surface area contributed by atoms with Crippen LogP contribution < -0.4 is 30.5 Å². The molecule has 414 valence electrons. The van der Waals surface area contributed by atoms with Crippen molar-refractivity contribution >= 4 is 69.8 Å². The van der Waals surface area contributed by atoms with E-state index in [-0.39, 0.29) is 104 Å². The van der Waals surface area contributed by atoms with Crippen LogP contribution in [0, 0.1) is 11.8 Å². The highest BCUT2D eigenvalue weighted by Gasteiger charge is 2.55. The molecule has 3 fully saturated rings. The van der Waals surface area contributed by atoms with Crippen molar-refractivity contribution < 1.29 is 108 Å². The number of likely N-dealkylation sites (tertiary alicyclic amines) is 1. The van der Waals surface area contributed by atoms with Gasteiger partial charge in [-0.2, -0.15) is 0 Å². The number of carbonyl (C=O) groups excluding carboxylic acids is 5. The highest BCUT2D eigenvalue weighted by atomic mass is 35.5. The van der Waals surface area contributed by atoms with Gasteiger partial charge in [-0.25, -0.2) is 14.4 Å². The zero-order valence-electron chi connectivity index (χ0n) is 40.6. The molecule has 10 rings (SSSR count). The van der Waals surface area contributed by atoms with Crippen LogP contribution in [0.25, 0.3) is 11.0 Å². The van der Waals surface area contributed by atoms with Gasteiger partial charge in [0, 0.05) is 71.4 Å². The normalized spacial score (nSPS) is 27.7. The molecular formula is C52H46ClN3O23. The predicted octanol–water partition coefficient (Wildman–Crippen LogP) is 0.449. The van der Waals surface area contributed by atoms with E-state index in [0.29, 0.717) is 0 Å². The minimum atomic E-state index is -2.02. The van der Waals surface area contributed by atoms with Crippen molar-refractivity contribution in [3.05, 3.63) is 116 Å². The van der Waals surface area contributed by atoms with Gasteiger partial charge in [0.05, 0.1) is 22.6 Å². The highest BCUT2D eigenvalue weighted by Crippen LogP contribution is 2.57. The Labute approximate surface area is 447 Å². The van der Waals surface area contributed by atoms with Crippen molar-refractivity contribution in [2.75, 3.05) is 18.4 Å². The van der Waals surface area contributed by atoms with E-state index >= 15 is 0 Å². The van der Waals surface area contributed by atoms with E-state index in [4.69, 9.17) is 39.7 Å². The number of aliphatic carboxylic acids is 2. The number of carboxylic acid groups (broad SMARTS) is 2. The van der Waals surface area contributed by atoms with Crippen molar-refractivity contribution in [2.45, 2.75) is 86.4 Å². The van der Waals surface area contributed by atoms with Gasteiger partial charge >= 0.3 is 23.5 Å². The molecule has 5 heterocycles. The van der Waals surface area contributed by atoms with Crippen LogP contribution in [0.3, 0.4) is 0 Å². The van der Waals surface area contributed by atoms with Crippen molar-refractivity contribution in [3.8, 4) is 28.7 Å². The number of phenols is 1. The number of rotatable bonds is 13. The zero-order chi connectivity index (χ0) is 56.5. The number of imide groups is 1. The summed E-state index contributed by atoms with van der Waals surface area (Å²) in [6.45, 7) is -0.0969. The molecule has 26 nitrogen and oxygen atoms in total. The van der Waals surface area contributed by atoms with Gasteiger partial charge in [0.1, 0.15) is 82.9 Å². The smallest absolute Gasteiger partial charge is 0.349 e. The number of esters is 1. The van der Waals surface area contributed by atoms with E-state index in [1.54, 1.807) is 0 Å². The quantitative estimate of drug-likeness (QED) is 0.0433. The Morgan fingerprint density at radius 3 is 2.11 bits per heavy atom. The molecule has 1 saturated carbocycles. The van der Waals surface area contributed by atoms with Gasteiger partial charge in [-0.15, -0.1) is 0 Å². The summed E-state index contributed by atoms with van der Waals surface area (Å²) >= 11 is 5.95. The monoisotopic (exact) mass is 1120 g/mol. The van der Waals surface area contributed by atoms with Crippen LogP contribution >= 0.6 is 11.6 Å². The van der Waals surface area contributed by atoms with Crippen LogP contribution in [0.2, 0.25) is 5.02 Å². The fourth-order valence-corrected chi connectivity index (χ4v) is 10.5. The minimum absolute atomic E-state index is 0.00223. The number of benzene rings is 4. The van der Waals surface area contributed by atoms with Gasteiger partial charge in [0.25, 0.3) is 5.91 Å². The summed E-state index contributed by atoms with van der Waals surface area (Å²) in [4.78, 5) is 104. The lowest BCUT2D eigenvalue weighted by Gasteiger charge is -2.39. The van der Waals surface area contributed by atoms with E-state index in [0.717, 1.165) is 11.0 Å². The molecular weight excluding hydrogens is 1070 g/mol. The molecule has 11 N–H and O–H groups in total. The average Bonchev–Trinajstić information content (AvgIpc) is 3.19. The van der Waals surface area contributed by atoms with E-state index in [2.05, 4.69) is 10.6 Å². The Balaban J connectivity index is 0.857. The molecule has 5 aliphatic rings. The number of hydrogen-bond donors (Lipinski definition) is 11. The minimum Gasteiger partial charge on any atom is -0.506 e. The van der Waals surface area contributed by atoms with Gasteiger partial charge in [0.15, 0.2) is 11.7 Å². The number of carbonyl (C=O) groups is 7. The lowest BCUT2D eigenvalue weighted by molar-refractivity contribution is -0.271. The standard InChI is InChI=1S/C52H46ClN3O23/c53-30-12-20-11-26(49(72)77-32(20)17-31(30)57)45(66)54-9-7-19-8-10-56(46(19)67)37(59)18-36(58)55-21-1-4-27-24(13-21)50(73)79-52(27)28-5-2-22(74-35-16-25(47(68)69)38(60)40(62)39(35)61)14-33(28)76-34-15-23(3-6-29(34)52)75-51-43(65)41(63)42(64)44(78-51)48(70)71/h1-6,11-15,17,19,25,35,38-44,51,57,60-65H,7-10,16,18H2,(H,54,66)(H,55,58)(H,68,69)(H,70,71)/t19-,25?,35?,38?,39?,40?,41?,42?,43?,44?,51?,52?/m1/s1. The Morgan fingerprint density at radius 1 is 0.759 bits per heavy atom. The van der Waals surface area contributed by atoms with Gasteiger partial charge in [-0.05, 0) is 61.4 Å². The van der Waals surface area contributed by atoms with Crippen LogP contribution in [0.15, 0.2) is 82.0 Å². The number of hydrogen-bond acceptors (Lipinski definition) is 21. The number of aliphatic hydroxyl groups excluding tert-OH is 6. The van der Waals surface area contributed by atoms with E-state index in [9.17, 15) is 84.3 Å². The second-order valence-electron chi connectivity index (χ2n) is 19.3. The number of carboxylic acids is 2. The third-order valence-electron chi connectivity index (χ3n) is 14.4. The maximum Gasteiger partial charge on any atom is 0.349 e. The summed E-state index contributed by atoms with van der Waals surface area (Å²) in [6, 6.07) is 16.0. The maximum atomic E-state index is 14.1. The Hall–Kier alpha value is -8.21. The van der Waals surface area contributed by atoms with Crippen molar-refractivity contribution in [1.82, 2.24) is 10.2 Å². The van der Waals surface area contributed by atoms with Crippen LogP contribution in [0.1, 0.15) is 63.1 Å². The van der Waals surface area contributed by atoms with Crippen LogP contribution in [0.4, 0.5) is 5.69 Å². The molecule has 0 radical (unpaired) electrons. The average molecular weight is 1120 g/mol. The van der Waals surface area contributed by atoms with Crippen molar-refractivity contribution in [1.29, 1.82) is 0 Å². The molecule has 27 heteroatoms. The predicted molar refractivity (Wildman–Crippen MR) is 262 cm³/mol. The highest BCUT2D eigenvalue weighted by molar-refractivity contribution is 6.32. The summed E-state index contributed by atoms with van der Waals surface area (Å²) in [5, 5.41) is 97.3. The summed E-state index contributed by atoms with van der Waals surface area (Å²) in [6.07, 6.45) is -17.6. The topological polar surface area (TPSA) is 405 Å². The number of phenolic OH excluding ortho intramolecular Hbond substituents is 1. The number of ether oxygens (including phenoxy) is 5. The second-order valence-corrected chi connectivity index (χ2v) is 19.7. The molecule has 5 aromatic rings. The Bertz CT molecular complexity index is 3340. The van der Waals surface area contributed by atoms with Crippen molar-refractivity contribution in [3.63, 3.8) is 0 Å². The molecule has 4 aliphatic heterocycles. The van der Waals surface area contributed by atoms with Crippen molar-refractivity contribution in [2.24, 2.45) is 11.8 Å². The first kappa shape index (κ1) is 54.2. The van der Waals surface area contributed by atoms with E-state index in [1.165, 1.54) is 66.7 Å². The fraction of sp³-hybridized carbons (Fsp3) is 0.346. The molecule has 0 bridgehead atoms. The number of aromatic hydroxyl groups is 1. The fourth-order valence-electron chi connectivity index (χ4n) is 10.4. The SMILES string of the molecule is O=C(CC(=O)N1CC[C@@H](CCNC(=O)c2cc3cc(Cl)c(O)cc3oc2=O)C1=O)Nc1ccc2c(c1)C(=O)OC21c2ccc(OC3CC(C(=O)O)C(O)C(O)C3O)cc2Oc2cc(OC3OC(C(=O)O)C(O)C(O)C3O)ccc21. The molecule has 2 saturated heterocycles. The zero-order valence-corrected chi connectivity index (χ0v) is 41.3. The van der Waals surface area contributed by atoms with Crippen LogP contribution in [-0.2, 0) is 39.0 Å². The first-order valence-electron chi connectivity index (χ1n) is 24.3. The van der Waals surface area contributed by atoms with Gasteiger partial charge in [-0.3, -0.25) is 28.9 Å². The molecule has 4 aromatic carbocycles. The molecule has 1 aliphatic carbocycles. The van der Waals surface area contributed by atoms with Gasteiger partial charge < -0.3 is 84.7 Å². The summed E-state index contributed by atoms with van der Waals surface area (Å²) in [5.41, 5.74) is -2.73. The largest absolute Gasteiger partial charge is 0.506 e. The molecule has 79 heavy (non-hydrogen) atoms. The number of halogens is 1. The molecule has 1 aromatic heterocycles. The number of fused-ring (bicyclic) bond motifs is 7. The molecule has 12 atom stereocenters. The molecule has 11 unspecified atom stereocenters. The Morgan fingerprint density at radius 2 is 1.43 bits per heavy atom. The molecule has 4 amide bonds. The number of anilines is 1. The number of nitrogens with one attached hydrogen (secondary N) is 2. The summed E-state index contributed by atoms with van der Waals surface area (Å²) in [5.74, 6) is -10.0. The van der Waals surface area contributed by atoms with Crippen LogP contribution in [0.5, 0.6) is 28.7 Å². The number of nitrogens with zero attached hydrogens (tertiary/aromatic N) is 1. The third-order valence-corrected chi connectivity index (χ3v) is 14.7. The van der Waals surface area contributed by atoms with Gasteiger partial charge in [0.2, 0.25) is 24.0 Å². The first-order valence-corrected chi connectivity index (χ1v) is 24.7. The summed E-state index contributed by atoms with van der Waals surface area (Å²) < 4.78 is 34.7. The maximum absolute atomic E-state index is 14.1.